The molecule has 2 unspecified atom stereocenters. The average molecular weight is 731 g/mol. The summed E-state index contributed by atoms with van der Waals surface area (Å²) in [5.41, 5.74) is 0. The van der Waals surface area contributed by atoms with Gasteiger partial charge in [0.25, 0.3) is 0 Å². The van der Waals surface area contributed by atoms with Crippen molar-refractivity contribution in [3.8, 4) is 0 Å². The molecule has 0 aliphatic carbocycles. The zero-order valence-electron chi connectivity index (χ0n) is 32.0. The predicted molar refractivity (Wildman–Crippen MR) is 202 cm³/mol. The van der Waals surface area contributed by atoms with Gasteiger partial charge in [-0.1, -0.05) is 161 Å². The first-order valence-electron chi connectivity index (χ1n) is 20.6. The first-order chi connectivity index (χ1) is 24.2. The van der Waals surface area contributed by atoms with Gasteiger partial charge >= 0.3 is 19.8 Å². The normalized spacial score (nSPS) is 16.6. The lowest BCUT2D eigenvalue weighted by Gasteiger charge is -2.18. The molecule has 294 valence electrons. The van der Waals surface area contributed by atoms with Crippen LogP contribution in [0.15, 0.2) is 12.2 Å². The minimum absolute atomic E-state index is 0.211. The van der Waals surface area contributed by atoms with Gasteiger partial charge in [-0.25, -0.2) is 4.57 Å². The van der Waals surface area contributed by atoms with E-state index in [2.05, 4.69) is 30.5 Å². The molecule has 1 fully saturated rings. The molecular formula is C40H75O9P. The Labute approximate surface area is 305 Å². The van der Waals surface area contributed by atoms with E-state index in [0.29, 0.717) is 25.0 Å². The van der Waals surface area contributed by atoms with Crippen LogP contribution in [0.25, 0.3) is 0 Å². The number of unbranched alkanes of at least 4 members (excludes halogenated alkanes) is 22. The molecule has 1 aliphatic heterocycles. The van der Waals surface area contributed by atoms with Crippen molar-refractivity contribution in [2.75, 3.05) is 13.2 Å². The van der Waals surface area contributed by atoms with E-state index in [1.165, 1.54) is 103 Å². The molecular weight excluding hydrogens is 655 g/mol. The molecule has 0 aromatic rings. The van der Waals surface area contributed by atoms with Gasteiger partial charge in [0.1, 0.15) is 6.61 Å². The third-order valence-electron chi connectivity index (χ3n) is 9.46. The highest BCUT2D eigenvalue weighted by atomic mass is 31.2. The number of rotatable bonds is 37. The zero-order valence-corrected chi connectivity index (χ0v) is 32.9. The molecule has 0 bridgehead atoms. The fraction of sp³-hybridized carbons (Fsp3) is 0.900. The fourth-order valence-corrected chi connectivity index (χ4v) is 6.62. The van der Waals surface area contributed by atoms with Crippen molar-refractivity contribution in [2.24, 2.45) is 0 Å². The molecule has 1 saturated heterocycles. The van der Waals surface area contributed by atoms with E-state index < -0.39 is 32.5 Å². The van der Waals surface area contributed by atoms with Gasteiger partial charge in [-0.05, 0) is 38.5 Å². The lowest BCUT2D eigenvalue weighted by molar-refractivity contribution is -0.161. The first-order valence-corrected chi connectivity index (χ1v) is 22.1. The van der Waals surface area contributed by atoms with Crippen molar-refractivity contribution < 1.29 is 42.7 Å². The number of allylic oxidation sites excluding steroid dienone is 1. The van der Waals surface area contributed by atoms with E-state index in [9.17, 15) is 14.2 Å². The molecule has 1 rings (SSSR count). The number of hydrogen-bond acceptors (Lipinski definition) is 7. The molecule has 50 heavy (non-hydrogen) atoms. The number of carbonyl (C=O) groups is 2. The van der Waals surface area contributed by atoms with E-state index in [4.69, 9.17) is 24.0 Å². The maximum atomic E-state index is 12.4. The van der Waals surface area contributed by atoms with Crippen molar-refractivity contribution in [1.29, 1.82) is 0 Å². The van der Waals surface area contributed by atoms with Crippen molar-refractivity contribution >= 4 is 19.8 Å². The van der Waals surface area contributed by atoms with E-state index >= 15 is 0 Å². The van der Waals surface area contributed by atoms with Crippen LogP contribution >= 0.6 is 7.82 Å². The van der Waals surface area contributed by atoms with Crippen LogP contribution in [-0.4, -0.2) is 53.3 Å². The summed E-state index contributed by atoms with van der Waals surface area (Å²) in [6, 6.07) is 0. The molecule has 9 nitrogen and oxygen atoms in total. The number of carbonyl (C=O) groups excluding carboxylic acids is 2. The van der Waals surface area contributed by atoms with Gasteiger partial charge < -0.3 is 24.0 Å². The summed E-state index contributed by atoms with van der Waals surface area (Å²) in [6.45, 7) is 3.65. The van der Waals surface area contributed by atoms with Gasteiger partial charge in [-0.3, -0.25) is 14.1 Å². The number of hydrogen-bond donors (Lipinski definition) is 2. The maximum absolute atomic E-state index is 12.4. The summed E-state index contributed by atoms with van der Waals surface area (Å²) in [5, 5.41) is 0. The number of phosphoric acid groups is 1. The lowest BCUT2D eigenvalue weighted by Crippen LogP contribution is -2.29. The molecule has 2 N–H and O–H groups in total. The van der Waals surface area contributed by atoms with Gasteiger partial charge in [0.2, 0.25) is 0 Å². The fourth-order valence-electron chi connectivity index (χ4n) is 6.26. The van der Waals surface area contributed by atoms with Gasteiger partial charge in [-0.15, -0.1) is 0 Å². The number of ether oxygens (including phenoxy) is 3. The molecule has 10 heteroatoms. The van der Waals surface area contributed by atoms with Crippen molar-refractivity contribution in [1.82, 2.24) is 0 Å². The molecule has 0 radical (unpaired) electrons. The van der Waals surface area contributed by atoms with E-state index in [-0.39, 0.29) is 19.4 Å². The minimum Gasteiger partial charge on any atom is -0.462 e. The van der Waals surface area contributed by atoms with Crippen LogP contribution in [0.5, 0.6) is 0 Å². The second-order valence-corrected chi connectivity index (χ2v) is 15.6. The molecule has 0 saturated carbocycles. The highest BCUT2D eigenvalue weighted by molar-refractivity contribution is 7.46. The van der Waals surface area contributed by atoms with E-state index in [1.54, 1.807) is 0 Å². The van der Waals surface area contributed by atoms with Crippen LogP contribution in [0.1, 0.15) is 200 Å². The summed E-state index contributed by atoms with van der Waals surface area (Å²) in [4.78, 5) is 42.8. The largest absolute Gasteiger partial charge is 0.469 e. The molecule has 0 spiro atoms. The van der Waals surface area contributed by atoms with Crippen molar-refractivity contribution in [3.05, 3.63) is 12.2 Å². The Morgan fingerprint density at radius 1 is 0.620 bits per heavy atom. The van der Waals surface area contributed by atoms with Crippen LogP contribution < -0.4 is 0 Å². The second kappa shape index (κ2) is 32.4. The van der Waals surface area contributed by atoms with Gasteiger partial charge in [0, 0.05) is 12.8 Å². The van der Waals surface area contributed by atoms with E-state index in [0.717, 1.165) is 57.8 Å². The Morgan fingerprint density at radius 3 is 1.64 bits per heavy atom. The standard InChI is InChI=1S/C40H75O9P/c1-3-5-7-8-9-10-11-12-13-14-15-16-17-22-25-29-33-40(42)48-36(35-47-50(43,44)45)34-46-39(41)32-28-24-21-19-18-20-23-27-31-38-37(49-38)30-26-6-4-2/h23,27,36-38H,3-22,24-26,28-35H2,1-2H3,(H2,43,44,45)/b27-23-/t36-,37?,38?/m1/s1. The summed E-state index contributed by atoms with van der Waals surface area (Å²) in [5.74, 6) is -0.897. The molecule has 0 aromatic heterocycles. The van der Waals surface area contributed by atoms with Crippen LogP contribution in [-0.2, 0) is 32.9 Å². The Morgan fingerprint density at radius 2 is 1.10 bits per heavy atom. The summed E-state index contributed by atoms with van der Waals surface area (Å²) < 4.78 is 32.1. The lowest BCUT2D eigenvalue weighted by atomic mass is 10.0. The average Bonchev–Trinajstić information content (AvgIpc) is 3.84. The molecule has 3 atom stereocenters. The Hall–Kier alpha value is -1.25. The second-order valence-electron chi connectivity index (χ2n) is 14.4. The molecule has 0 aromatic carbocycles. The molecule has 1 aliphatic rings. The first kappa shape index (κ1) is 46.8. The third-order valence-corrected chi connectivity index (χ3v) is 9.94. The van der Waals surface area contributed by atoms with Crippen LogP contribution in [0, 0.1) is 0 Å². The van der Waals surface area contributed by atoms with Crippen molar-refractivity contribution in [2.45, 2.75) is 218 Å². The zero-order chi connectivity index (χ0) is 36.5. The smallest absolute Gasteiger partial charge is 0.462 e. The van der Waals surface area contributed by atoms with Crippen LogP contribution in [0.3, 0.4) is 0 Å². The van der Waals surface area contributed by atoms with Crippen LogP contribution in [0.2, 0.25) is 0 Å². The number of phosphoric ester groups is 1. The van der Waals surface area contributed by atoms with Gasteiger partial charge in [0.05, 0.1) is 18.8 Å². The summed E-state index contributed by atoms with van der Waals surface area (Å²) in [7, 11) is -4.75. The quantitative estimate of drug-likeness (QED) is 0.0211. The van der Waals surface area contributed by atoms with Gasteiger partial charge in [-0.2, -0.15) is 0 Å². The van der Waals surface area contributed by atoms with E-state index in [1.807, 2.05) is 0 Å². The Kier molecular flexibility index (Phi) is 30.3. The van der Waals surface area contributed by atoms with Gasteiger partial charge in [0.15, 0.2) is 6.10 Å². The molecule has 1 heterocycles. The summed E-state index contributed by atoms with van der Waals surface area (Å²) >= 11 is 0. The van der Waals surface area contributed by atoms with Crippen LogP contribution in [0.4, 0.5) is 0 Å². The summed E-state index contributed by atoms with van der Waals surface area (Å²) in [6.07, 6.45) is 36.7. The topological polar surface area (TPSA) is 132 Å². The number of esters is 2. The minimum atomic E-state index is -4.75. The Bertz CT molecular complexity index is 890. The Balaban J connectivity index is 2.05. The number of epoxide rings is 1. The maximum Gasteiger partial charge on any atom is 0.469 e. The predicted octanol–water partition coefficient (Wildman–Crippen LogP) is 11.2. The van der Waals surface area contributed by atoms with Crippen molar-refractivity contribution in [3.63, 3.8) is 0 Å². The third kappa shape index (κ3) is 31.5. The highest BCUT2D eigenvalue weighted by Crippen LogP contribution is 2.36. The SMILES string of the molecule is CCCCCCCCCCCCCCCCCCC(=O)O[C@H](COC(=O)CCCCCCC/C=C\CC1OC1CCCCC)COP(=O)(O)O. The monoisotopic (exact) mass is 731 g/mol. The highest BCUT2D eigenvalue weighted by Gasteiger charge is 2.36. The molecule has 0 amide bonds.